The van der Waals surface area contributed by atoms with Crippen molar-refractivity contribution in [3.05, 3.63) is 71.3 Å². The summed E-state index contributed by atoms with van der Waals surface area (Å²) in [6.45, 7) is 0.00698. The summed E-state index contributed by atoms with van der Waals surface area (Å²) in [6.07, 6.45) is -7.42. The Bertz CT molecular complexity index is 1020. The van der Waals surface area contributed by atoms with Crippen LogP contribution >= 0.6 is 0 Å². The fraction of sp³-hybridized carbons (Fsp3) is 0.333. The van der Waals surface area contributed by atoms with Crippen LogP contribution in [-0.2, 0) is 27.1 Å². The first-order chi connectivity index (χ1) is 16.8. The van der Waals surface area contributed by atoms with Gasteiger partial charge in [-0.05, 0) is 41.5 Å². The van der Waals surface area contributed by atoms with Gasteiger partial charge in [-0.2, -0.15) is 13.2 Å². The number of esters is 1. The monoisotopic (exact) mass is 514 g/mol. The normalized spacial score (nSPS) is 21.9. The van der Waals surface area contributed by atoms with Gasteiger partial charge in [-0.3, -0.25) is 0 Å². The molecule has 2 aromatic carbocycles. The Morgan fingerprint density at radius 3 is 2.11 bits per heavy atom. The number of ether oxygens (including phenoxy) is 2. The van der Waals surface area contributed by atoms with Gasteiger partial charge in [-0.15, -0.1) is 0 Å². The predicted molar refractivity (Wildman–Crippen MR) is 119 cm³/mol. The van der Waals surface area contributed by atoms with E-state index in [4.69, 9.17) is 24.5 Å². The van der Waals surface area contributed by atoms with E-state index < -0.39 is 48.3 Å². The lowest BCUT2D eigenvalue weighted by atomic mass is 9.89. The first-order valence-corrected chi connectivity index (χ1v) is 10.6. The van der Waals surface area contributed by atoms with Crippen LogP contribution in [0.3, 0.4) is 0 Å². The van der Waals surface area contributed by atoms with Crippen LogP contribution in [0.2, 0.25) is 0 Å². The first kappa shape index (κ1) is 28.6. The number of hydrogen-bond donors (Lipinski definition) is 5. The standard InChI is InChI=1S/C23H23F3O6.CH2O3/c24-23(25,26)16-6-1-15(2-7-16)13-31-18-11-19(28)22(30)20(12-18)32-21(29)10-5-14-3-8-17(27)9-4-14;2-1(3)4/h1-10,18-20,22,27-28,30H,11-13H2;(H2,2,3,4)/b10-5+;/t18-,19-,20+,22+;/m0./s1. The number of carbonyl (C=O) groups excluding carboxylic acids is 1. The second kappa shape index (κ2) is 12.9. The van der Waals surface area contributed by atoms with Crippen LogP contribution in [0.15, 0.2) is 54.6 Å². The maximum absolute atomic E-state index is 12.7. The first-order valence-electron chi connectivity index (χ1n) is 10.6. The van der Waals surface area contributed by atoms with Crippen LogP contribution in [0.1, 0.15) is 29.5 Å². The molecule has 0 radical (unpaired) electrons. The smallest absolute Gasteiger partial charge is 0.503 e. The van der Waals surface area contributed by atoms with Gasteiger partial charge in [0.05, 0.1) is 24.4 Å². The Kier molecular flexibility index (Phi) is 10.3. The van der Waals surface area contributed by atoms with Crippen molar-refractivity contribution in [2.45, 2.75) is 50.0 Å². The zero-order valence-corrected chi connectivity index (χ0v) is 18.7. The van der Waals surface area contributed by atoms with Crippen LogP contribution in [0.4, 0.5) is 18.0 Å². The molecule has 0 aromatic heterocycles. The number of phenolic OH excluding ortho intramolecular Hbond substituents is 1. The molecule has 1 aliphatic carbocycles. The van der Waals surface area contributed by atoms with Crippen molar-refractivity contribution < 1.29 is 57.8 Å². The topological polar surface area (TPSA) is 154 Å². The van der Waals surface area contributed by atoms with Gasteiger partial charge in [0.2, 0.25) is 0 Å². The molecular weight excluding hydrogens is 489 g/mol. The van der Waals surface area contributed by atoms with Crippen molar-refractivity contribution in [3.8, 4) is 5.75 Å². The lowest BCUT2D eigenvalue weighted by Gasteiger charge is -2.36. The summed E-state index contributed by atoms with van der Waals surface area (Å²) in [6, 6.07) is 10.7. The highest BCUT2D eigenvalue weighted by Crippen LogP contribution is 2.30. The molecule has 0 spiro atoms. The Hall–Kier alpha value is -3.61. The molecule has 0 bridgehead atoms. The van der Waals surface area contributed by atoms with E-state index in [2.05, 4.69) is 0 Å². The van der Waals surface area contributed by atoms with Gasteiger partial charge in [0.25, 0.3) is 0 Å². The Morgan fingerprint density at radius 1 is 0.972 bits per heavy atom. The SMILES string of the molecule is O=C(/C=C/c1ccc(O)cc1)O[C@@H]1C[C@@H](OCc2ccc(C(F)(F)F)cc2)C[C@H](O)[C@H]1O.O=C(O)O. The number of aliphatic hydroxyl groups excluding tert-OH is 2. The number of alkyl halides is 3. The van der Waals surface area contributed by atoms with Crippen molar-refractivity contribution in [1.82, 2.24) is 0 Å². The molecule has 5 N–H and O–H groups in total. The molecule has 36 heavy (non-hydrogen) atoms. The minimum absolute atomic E-state index is 0.00698. The zero-order valence-electron chi connectivity index (χ0n) is 18.7. The molecule has 2 aromatic rings. The molecule has 1 fully saturated rings. The van der Waals surface area contributed by atoms with Gasteiger partial charge in [-0.25, -0.2) is 9.59 Å². The third-order valence-corrected chi connectivity index (χ3v) is 5.11. The van der Waals surface area contributed by atoms with Crippen molar-refractivity contribution in [2.24, 2.45) is 0 Å². The predicted octanol–water partition coefficient (Wildman–Crippen LogP) is 3.66. The second-order valence-electron chi connectivity index (χ2n) is 7.84. The summed E-state index contributed by atoms with van der Waals surface area (Å²) in [5, 5.41) is 43.5. The number of rotatable bonds is 6. The van der Waals surface area contributed by atoms with E-state index in [1.54, 1.807) is 12.1 Å². The van der Waals surface area contributed by atoms with Crippen LogP contribution in [-0.4, -0.2) is 62.1 Å². The number of carboxylic acid groups (broad SMARTS) is 2. The summed E-state index contributed by atoms with van der Waals surface area (Å²) in [5.41, 5.74) is 0.413. The van der Waals surface area contributed by atoms with E-state index >= 15 is 0 Å². The second-order valence-corrected chi connectivity index (χ2v) is 7.84. The molecule has 12 heteroatoms. The highest BCUT2D eigenvalue weighted by atomic mass is 19.4. The molecule has 0 amide bonds. The zero-order chi connectivity index (χ0) is 26.9. The largest absolute Gasteiger partial charge is 0.508 e. The maximum Gasteiger partial charge on any atom is 0.503 e. The molecule has 0 unspecified atom stereocenters. The van der Waals surface area contributed by atoms with Gasteiger partial charge < -0.3 is 35.0 Å². The number of aromatic hydroxyl groups is 1. The summed E-state index contributed by atoms with van der Waals surface area (Å²) in [7, 11) is 0. The lowest BCUT2D eigenvalue weighted by molar-refractivity contribution is -0.171. The fourth-order valence-corrected chi connectivity index (χ4v) is 3.35. The van der Waals surface area contributed by atoms with Crippen molar-refractivity contribution >= 4 is 18.2 Å². The Labute approximate surface area is 203 Å². The molecule has 0 saturated heterocycles. The average Bonchev–Trinajstić information content (AvgIpc) is 2.80. The third-order valence-electron chi connectivity index (χ3n) is 5.11. The van der Waals surface area contributed by atoms with E-state index in [9.17, 15) is 33.3 Å². The van der Waals surface area contributed by atoms with E-state index in [1.165, 1.54) is 30.3 Å². The number of halogens is 3. The van der Waals surface area contributed by atoms with Crippen LogP contribution in [0.25, 0.3) is 6.08 Å². The summed E-state index contributed by atoms with van der Waals surface area (Å²) < 4.78 is 48.9. The van der Waals surface area contributed by atoms with Crippen LogP contribution < -0.4 is 0 Å². The van der Waals surface area contributed by atoms with Gasteiger partial charge in [-0.1, -0.05) is 24.3 Å². The molecular formula is C24H25F3O9. The lowest BCUT2D eigenvalue weighted by Crippen LogP contribution is -2.48. The molecule has 1 saturated carbocycles. The number of benzene rings is 2. The maximum atomic E-state index is 12.7. The summed E-state index contributed by atoms with van der Waals surface area (Å²) in [4.78, 5) is 20.7. The molecule has 9 nitrogen and oxygen atoms in total. The van der Waals surface area contributed by atoms with Gasteiger partial charge in [0.15, 0.2) is 0 Å². The van der Waals surface area contributed by atoms with Gasteiger partial charge in [0, 0.05) is 18.9 Å². The fourth-order valence-electron chi connectivity index (χ4n) is 3.35. The molecule has 196 valence electrons. The average molecular weight is 514 g/mol. The number of hydrogen-bond acceptors (Lipinski definition) is 7. The molecule has 4 atom stereocenters. The Morgan fingerprint density at radius 2 is 1.56 bits per heavy atom. The minimum Gasteiger partial charge on any atom is -0.508 e. The summed E-state index contributed by atoms with van der Waals surface area (Å²) in [5.74, 6) is -0.635. The number of aliphatic hydroxyl groups is 2. The molecule has 1 aliphatic rings. The number of carbonyl (C=O) groups is 2. The highest BCUT2D eigenvalue weighted by Gasteiger charge is 2.38. The van der Waals surface area contributed by atoms with Crippen molar-refractivity contribution in [3.63, 3.8) is 0 Å². The van der Waals surface area contributed by atoms with E-state index in [-0.39, 0.29) is 25.2 Å². The van der Waals surface area contributed by atoms with Gasteiger partial charge in [0.1, 0.15) is 18.0 Å². The van der Waals surface area contributed by atoms with Crippen molar-refractivity contribution in [2.75, 3.05) is 0 Å². The van der Waals surface area contributed by atoms with Crippen LogP contribution in [0, 0.1) is 0 Å². The van der Waals surface area contributed by atoms with E-state index in [1.807, 2.05) is 0 Å². The summed E-state index contributed by atoms with van der Waals surface area (Å²) >= 11 is 0. The van der Waals surface area contributed by atoms with Crippen LogP contribution in [0.5, 0.6) is 5.75 Å². The molecule has 0 aliphatic heterocycles. The van der Waals surface area contributed by atoms with E-state index in [0.29, 0.717) is 11.1 Å². The highest BCUT2D eigenvalue weighted by molar-refractivity contribution is 5.87. The molecule has 0 heterocycles. The Balaban J connectivity index is 0.00000106. The van der Waals surface area contributed by atoms with E-state index in [0.717, 1.165) is 18.2 Å². The van der Waals surface area contributed by atoms with Crippen molar-refractivity contribution in [1.29, 1.82) is 0 Å². The number of phenols is 1. The quantitative estimate of drug-likeness (QED) is 0.287. The third kappa shape index (κ3) is 9.56. The van der Waals surface area contributed by atoms with Gasteiger partial charge >= 0.3 is 18.3 Å². The minimum atomic E-state index is -4.42. The molecule has 3 rings (SSSR count).